The predicted molar refractivity (Wildman–Crippen MR) is 125 cm³/mol. The third kappa shape index (κ3) is 3.65. The first-order chi connectivity index (χ1) is 13.8. The Kier molecular flexibility index (Phi) is 5.95. The van der Waals surface area contributed by atoms with Crippen LogP contribution in [0.5, 0.6) is 0 Å². The van der Waals surface area contributed by atoms with Gasteiger partial charge in [0.05, 0.1) is 0 Å². The molecule has 0 aliphatic carbocycles. The molecule has 0 aliphatic heterocycles. The first kappa shape index (κ1) is 19.0. The molecule has 0 saturated heterocycles. The zero-order chi connectivity index (χ0) is 19.3. The van der Waals surface area contributed by atoms with E-state index in [0.29, 0.717) is 0 Å². The SMILES string of the molecule is CCCCCc1cc2c3ccccc3c(CCCCC)cc2c2ccccc12. The van der Waals surface area contributed by atoms with E-state index >= 15 is 0 Å². The second-order valence-corrected chi connectivity index (χ2v) is 8.17. The minimum Gasteiger partial charge on any atom is -0.0654 e. The average molecular weight is 369 g/mol. The highest BCUT2D eigenvalue weighted by Crippen LogP contribution is 2.36. The van der Waals surface area contributed by atoms with Gasteiger partial charge in [0.2, 0.25) is 0 Å². The summed E-state index contributed by atoms with van der Waals surface area (Å²) in [6.07, 6.45) is 10.1. The summed E-state index contributed by atoms with van der Waals surface area (Å²) in [5.74, 6) is 0. The number of hydrogen-bond donors (Lipinski definition) is 0. The molecule has 0 heteroatoms. The van der Waals surface area contributed by atoms with Gasteiger partial charge in [-0.2, -0.15) is 0 Å². The second-order valence-electron chi connectivity index (χ2n) is 8.17. The van der Waals surface area contributed by atoms with Gasteiger partial charge in [0, 0.05) is 0 Å². The van der Waals surface area contributed by atoms with E-state index in [1.54, 1.807) is 0 Å². The zero-order valence-electron chi connectivity index (χ0n) is 17.4. The Balaban J connectivity index is 1.96. The van der Waals surface area contributed by atoms with Crippen LogP contribution < -0.4 is 0 Å². The van der Waals surface area contributed by atoms with Crippen molar-refractivity contribution >= 4 is 32.3 Å². The maximum absolute atomic E-state index is 2.49. The van der Waals surface area contributed by atoms with Crippen LogP contribution in [-0.4, -0.2) is 0 Å². The van der Waals surface area contributed by atoms with Gasteiger partial charge in [-0.15, -0.1) is 0 Å². The molecular formula is C28H32. The van der Waals surface area contributed by atoms with E-state index in [4.69, 9.17) is 0 Å². The Hall–Kier alpha value is -2.34. The number of rotatable bonds is 8. The molecule has 0 amide bonds. The van der Waals surface area contributed by atoms with E-state index in [9.17, 15) is 0 Å². The summed E-state index contributed by atoms with van der Waals surface area (Å²) >= 11 is 0. The van der Waals surface area contributed by atoms with Gasteiger partial charge in [-0.25, -0.2) is 0 Å². The van der Waals surface area contributed by atoms with Gasteiger partial charge in [0.25, 0.3) is 0 Å². The number of unbranched alkanes of at least 4 members (excludes halogenated alkanes) is 4. The molecule has 4 aromatic carbocycles. The van der Waals surface area contributed by atoms with Crippen LogP contribution in [0, 0.1) is 0 Å². The number of aryl methyl sites for hydroxylation is 2. The van der Waals surface area contributed by atoms with Crippen LogP contribution in [0.2, 0.25) is 0 Å². The Morgan fingerprint density at radius 2 is 0.857 bits per heavy atom. The van der Waals surface area contributed by atoms with Crippen molar-refractivity contribution in [1.29, 1.82) is 0 Å². The first-order valence-corrected chi connectivity index (χ1v) is 11.2. The van der Waals surface area contributed by atoms with Gasteiger partial charge >= 0.3 is 0 Å². The quantitative estimate of drug-likeness (QED) is 0.216. The minimum absolute atomic E-state index is 1.18. The summed E-state index contributed by atoms with van der Waals surface area (Å²) in [7, 11) is 0. The summed E-state index contributed by atoms with van der Waals surface area (Å²) in [6.45, 7) is 4.57. The summed E-state index contributed by atoms with van der Waals surface area (Å²) in [5.41, 5.74) is 3.03. The van der Waals surface area contributed by atoms with Gasteiger partial charge in [-0.05, 0) is 81.3 Å². The molecule has 0 radical (unpaired) electrons. The molecule has 0 saturated carbocycles. The normalized spacial score (nSPS) is 11.6. The molecule has 0 aliphatic rings. The molecule has 4 aromatic rings. The standard InChI is InChI=1S/C28H32/c1-3-5-7-13-21-19-27-26-18-12-10-16-24(26)22(14-8-6-4-2)20-28(27)25-17-11-9-15-23(21)25/h9-12,15-20H,3-8,13-14H2,1-2H3. The molecule has 0 atom stereocenters. The smallest absolute Gasteiger partial charge is 0.00960 e. The van der Waals surface area contributed by atoms with E-state index in [0.717, 1.165) is 0 Å². The molecular weight excluding hydrogens is 336 g/mol. The number of benzene rings is 4. The molecule has 28 heavy (non-hydrogen) atoms. The van der Waals surface area contributed by atoms with Crippen molar-refractivity contribution in [1.82, 2.24) is 0 Å². The maximum Gasteiger partial charge on any atom is -0.00960 e. The maximum atomic E-state index is 2.49. The average Bonchev–Trinajstić information content (AvgIpc) is 2.74. The van der Waals surface area contributed by atoms with Crippen molar-refractivity contribution in [2.45, 2.75) is 65.2 Å². The summed E-state index contributed by atoms with van der Waals surface area (Å²) < 4.78 is 0. The Morgan fingerprint density at radius 1 is 0.464 bits per heavy atom. The highest BCUT2D eigenvalue weighted by Gasteiger charge is 2.12. The summed E-state index contributed by atoms with van der Waals surface area (Å²) in [4.78, 5) is 0. The van der Waals surface area contributed by atoms with Crippen LogP contribution in [0.1, 0.15) is 63.5 Å². The molecule has 0 aromatic heterocycles. The zero-order valence-corrected chi connectivity index (χ0v) is 17.4. The lowest BCUT2D eigenvalue weighted by Gasteiger charge is -2.15. The van der Waals surface area contributed by atoms with Crippen molar-refractivity contribution in [3.63, 3.8) is 0 Å². The lowest BCUT2D eigenvalue weighted by molar-refractivity contribution is 0.719. The molecule has 0 nitrogen and oxygen atoms in total. The van der Waals surface area contributed by atoms with Gasteiger partial charge < -0.3 is 0 Å². The van der Waals surface area contributed by atoms with Crippen LogP contribution in [0.15, 0.2) is 60.7 Å². The molecule has 0 spiro atoms. The topological polar surface area (TPSA) is 0 Å². The van der Waals surface area contributed by atoms with Crippen LogP contribution in [0.4, 0.5) is 0 Å². The fraction of sp³-hybridized carbons (Fsp3) is 0.357. The molecule has 144 valence electrons. The third-order valence-electron chi connectivity index (χ3n) is 6.15. The second kappa shape index (κ2) is 8.78. The van der Waals surface area contributed by atoms with E-state index in [1.807, 2.05) is 0 Å². The largest absolute Gasteiger partial charge is 0.0654 e. The molecule has 0 bridgehead atoms. The molecule has 4 rings (SSSR count). The Morgan fingerprint density at radius 3 is 1.25 bits per heavy atom. The number of fused-ring (bicyclic) bond motifs is 5. The lowest BCUT2D eigenvalue weighted by Crippen LogP contribution is -1.94. The summed E-state index contributed by atoms with van der Waals surface area (Å²) in [5, 5.41) is 8.60. The fourth-order valence-corrected chi connectivity index (χ4v) is 4.65. The monoisotopic (exact) mass is 368 g/mol. The van der Waals surface area contributed by atoms with Crippen molar-refractivity contribution in [3.05, 3.63) is 71.8 Å². The molecule has 0 heterocycles. The van der Waals surface area contributed by atoms with Gasteiger partial charge in [-0.1, -0.05) is 88.1 Å². The van der Waals surface area contributed by atoms with E-state index in [2.05, 4.69) is 74.5 Å². The Bertz CT molecular complexity index is 998. The van der Waals surface area contributed by atoms with Crippen LogP contribution >= 0.6 is 0 Å². The fourth-order valence-electron chi connectivity index (χ4n) is 4.65. The van der Waals surface area contributed by atoms with Gasteiger partial charge in [0.1, 0.15) is 0 Å². The highest BCUT2D eigenvalue weighted by molar-refractivity contribution is 6.19. The highest BCUT2D eigenvalue weighted by atomic mass is 14.2. The Labute approximate surface area is 169 Å². The van der Waals surface area contributed by atoms with Crippen LogP contribution in [0.3, 0.4) is 0 Å². The molecule has 0 fully saturated rings. The molecule has 0 N–H and O–H groups in total. The van der Waals surface area contributed by atoms with Crippen LogP contribution in [0.25, 0.3) is 32.3 Å². The van der Waals surface area contributed by atoms with Crippen molar-refractivity contribution in [3.8, 4) is 0 Å². The van der Waals surface area contributed by atoms with Crippen molar-refractivity contribution in [2.24, 2.45) is 0 Å². The predicted octanol–water partition coefficient (Wildman–Crippen LogP) is 8.61. The number of hydrogen-bond acceptors (Lipinski definition) is 0. The van der Waals surface area contributed by atoms with Gasteiger partial charge in [0.15, 0.2) is 0 Å². The van der Waals surface area contributed by atoms with E-state index in [-0.39, 0.29) is 0 Å². The molecule has 0 unspecified atom stereocenters. The summed E-state index contributed by atoms with van der Waals surface area (Å²) in [6, 6.07) is 23.1. The van der Waals surface area contributed by atoms with Crippen molar-refractivity contribution in [2.75, 3.05) is 0 Å². The van der Waals surface area contributed by atoms with Crippen LogP contribution in [-0.2, 0) is 12.8 Å². The minimum atomic E-state index is 1.18. The third-order valence-corrected chi connectivity index (χ3v) is 6.15. The van der Waals surface area contributed by atoms with E-state index < -0.39 is 0 Å². The van der Waals surface area contributed by atoms with Gasteiger partial charge in [-0.3, -0.25) is 0 Å². The lowest BCUT2D eigenvalue weighted by atomic mass is 9.89. The van der Waals surface area contributed by atoms with E-state index in [1.165, 1.54) is 94.8 Å². The first-order valence-electron chi connectivity index (χ1n) is 11.2. The van der Waals surface area contributed by atoms with Crippen molar-refractivity contribution < 1.29 is 0 Å².